The molecule has 0 aliphatic rings. The lowest BCUT2D eigenvalue weighted by molar-refractivity contribution is 0.191. The van der Waals surface area contributed by atoms with Gasteiger partial charge in [0, 0.05) is 32.4 Å². The van der Waals surface area contributed by atoms with Crippen LogP contribution in [-0.2, 0) is 14.1 Å². The summed E-state index contributed by atoms with van der Waals surface area (Å²) in [5, 5.41) is 22.4. The average molecular weight is 352 g/mol. The maximum atomic E-state index is 10.1. The first-order valence-electron chi connectivity index (χ1n) is 6.30. The molecule has 9 heteroatoms. The second kappa shape index (κ2) is 5.41. The van der Waals surface area contributed by atoms with E-state index < -0.39 is 6.10 Å². The number of aliphatic hydroxyl groups excluding tert-OH is 1. The highest BCUT2D eigenvalue weighted by molar-refractivity contribution is 9.10. The molecule has 0 spiro atoms. The fraction of sp³-hybridized carbons (Fsp3) is 0.333. The van der Waals surface area contributed by atoms with Crippen LogP contribution < -0.4 is 5.32 Å². The van der Waals surface area contributed by atoms with E-state index in [-0.39, 0.29) is 0 Å². The summed E-state index contributed by atoms with van der Waals surface area (Å²) in [6.07, 6.45) is 4.22. The molecule has 0 saturated heterocycles. The topological polar surface area (TPSA) is 93.7 Å². The van der Waals surface area contributed by atoms with E-state index in [4.69, 9.17) is 0 Å². The van der Waals surface area contributed by atoms with Gasteiger partial charge >= 0.3 is 0 Å². The van der Waals surface area contributed by atoms with Crippen molar-refractivity contribution in [2.75, 3.05) is 11.9 Å². The molecule has 3 aromatic rings. The molecule has 110 valence electrons. The van der Waals surface area contributed by atoms with Crippen molar-refractivity contribution in [3.05, 3.63) is 28.9 Å². The number of halogens is 1. The predicted octanol–water partition coefficient (Wildman–Crippen LogP) is 1.00. The minimum Gasteiger partial charge on any atom is -0.386 e. The maximum absolute atomic E-state index is 10.1. The Hall–Kier alpha value is -2.00. The van der Waals surface area contributed by atoms with Crippen LogP contribution >= 0.6 is 15.9 Å². The van der Waals surface area contributed by atoms with Crippen LogP contribution in [0.15, 0.2) is 23.3 Å². The molecule has 0 fully saturated rings. The number of aliphatic hydroxyl groups is 1. The molecule has 3 aromatic heterocycles. The zero-order valence-corrected chi connectivity index (χ0v) is 13.1. The minimum atomic E-state index is -0.667. The van der Waals surface area contributed by atoms with Gasteiger partial charge in [-0.1, -0.05) is 0 Å². The second-order valence-electron chi connectivity index (χ2n) is 4.68. The fourth-order valence-corrected chi connectivity index (χ4v) is 2.70. The Morgan fingerprint density at radius 2 is 2.19 bits per heavy atom. The van der Waals surface area contributed by atoms with Gasteiger partial charge in [-0.2, -0.15) is 10.2 Å². The van der Waals surface area contributed by atoms with E-state index in [1.807, 2.05) is 14.1 Å². The second-order valence-corrected chi connectivity index (χ2v) is 5.43. The van der Waals surface area contributed by atoms with Crippen molar-refractivity contribution in [2.45, 2.75) is 6.10 Å². The summed E-state index contributed by atoms with van der Waals surface area (Å²) in [4.78, 5) is 8.41. The van der Waals surface area contributed by atoms with E-state index in [1.54, 1.807) is 21.8 Å². The van der Waals surface area contributed by atoms with Crippen LogP contribution in [-0.4, -0.2) is 41.2 Å². The molecule has 0 amide bonds. The summed E-state index contributed by atoms with van der Waals surface area (Å²) in [5.74, 6) is 0.628. The Morgan fingerprint density at radius 1 is 1.38 bits per heavy atom. The van der Waals surface area contributed by atoms with Crippen molar-refractivity contribution < 1.29 is 5.11 Å². The Morgan fingerprint density at radius 3 is 2.90 bits per heavy atom. The van der Waals surface area contributed by atoms with Crippen molar-refractivity contribution in [1.82, 2.24) is 29.5 Å². The van der Waals surface area contributed by atoms with Crippen LogP contribution in [0.2, 0.25) is 0 Å². The number of nitrogens with zero attached hydrogens (tertiary/aromatic N) is 6. The first kappa shape index (κ1) is 14.0. The Labute approximate surface area is 128 Å². The van der Waals surface area contributed by atoms with Gasteiger partial charge in [0.2, 0.25) is 0 Å². The first-order valence-corrected chi connectivity index (χ1v) is 7.09. The molecule has 3 rings (SSSR count). The molecule has 0 bridgehead atoms. The van der Waals surface area contributed by atoms with Gasteiger partial charge in [-0.15, -0.1) is 0 Å². The summed E-state index contributed by atoms with van der Waals surface area (Å²) < 4.78 is 3.99. The van der Waals surface area contributed by atoms with Gasteiger partial charge in [0.05, 0.1) is 17.7 Å². The summed E-state index contributed by atoms with van der Waals surface area (Å²) in [6, 6.07) is 0. The molecular formula is C12H14BrN7O. The van der Waals surface area contributed by atoms with Crippen LogP contribution in [0.1, 0.15) is 11.7 Å². The molecule has 0 aromatic carbocycles. The molecule has 0 aliphatic carbocycles. The van der Waals surface area contributed by atoms with Crippen molar-refractivity contribution in [3.63, 3.8) is 0 Å². The van der Waals surface area contributed by atoms with E-state index in [2.05, 4.69) is 41.4 Å². The quantitative estimate of drug-likeness (QED) is 0.728. The summed E-state index contributed by atoms with van der Waals surface area (Å²) in [5.41, 5.74) is 1.47. The van der Waals surface area contributed by atoms with Crippen LogP contribution in [0.5, 0.6) is 0 Å². The van der Waals surface area contributed by atoms with Crippen LogP contribution in [0, 0.1) is 0 Å². The standard InChI is InChI=1S/C12H14BrN7O/c1-19-5-7(3-17-19)8(21)4-14-11-9-10(13)18-20(2)12(9)16-6-15-11/h3,5-6,8,21H,4H2,1-2H3,(H,14,15,16). The molecular weight excluding hydrogens is 338 g/mol. The number of aryl methyl sites for hydroxylation is 2. The van der Waals surface area contributed by atoms with Crippen molar-refractivity contribution >= 4 is 32.8 Å². The third-order valence-electron chi connectivity index (χ3n) is 3.15. The maximum Gasteiger partial charge on any atom is 0.164 e. The van der Waals surface area contributed by atoms with E-state index in [9.17, 15) is 5.11 Å². The normalized spacial score (nSPS) is 12.8. The van der Waals surface area contributed by atoms with Crippen LogP contribution in [0.4, 0.5) is 5.82 Å². The third kappa shape index (κ3) is 2.61. The van der Waals surface area contributed by atoms with Gasteiger partial charge in [-0.05, 0) is 15.9 Å². The van der Waals surface area contributed by atoms with E-state index in [1.165, 1.54) is 6.33 Å². The number of hydrogen-bond donors (Lipinski definition) is 2. The highest BCUT2D eigenvalue weighted by Crippen LogP contribution is 2.27. The fourth-order valence-electron chi connectivity index (χ4n) is 2.10. The number of anilines is 1. The van der Waals surface area contributed by atoms with Crippen molar-refractivity contribution in [1.29, 1.82) is 0 Å². The molecule has 0 aliphatic heterocycles. The zero-order valence-electron chi connectivity index (χ0n) is 11.5. The Bertz CT molecular complexity index is 781. The monoisotopic (exact) mass is 351 g/mol. The van der Waals surface area contributed by atoms with E-state index in [0.29, 0.717) is 17.0 Å². The molecule has 1 atom stereocenters. The number of rotatable bonds is 4. The van der Waals surface area contributed by atoms with Gasteiger partial charge in [0.15, 0.2) is 5.65 Å². The molecule has 0 radical (unpaired) electrons. The molecule has 8 nitrogen and oxygen atoms in total. The van der Waals surface area contributed by atoms with E-state index >= 15 is 0 Å². The summed E-state index contributed by atoms with van der Waals surface area (Å²) in [6.45, 7) is 0.319. The summed E-state index contributed by atoms with van der Waals surface area (Å²) >= 11 is 3.40. The minimum absolute atomic E-state index is 0.319. The number of aromatic nitrogens is 6. The van der Waals surface area contributed by atoms with E-state index in [0.717, 1.165) is 16.6 Å². The van der Waals surface area contributed by atoms with Gasteiger partial charge in [-0.3, -0.25) is 4.68 Å². The first-order chi connectivity index (χ1) is 10.1. The SMILES string of the molecule is Cn1cc(C(O)CNc2ncnc3c2c(Br)nn3C)cn1. The summed E-state index contributed by atoms with van der Waals surface area (Å²) in [7, 11) is 3.62. The van der Waals surface area contributed by atoms with Crippen molar-refractivity contribution in [3.8, 4) is 0 Å². The predicted molar refractivity (Wildman–Crippen MR) is 80.7 cm³/mol. The molecule has 3 heterocycles. The molecule has 21 heavy (non-hydrogen) atoms. The Kier molecular flexibility index (Phi) is 3.60. The lowest BCUT2D eigenvalue weighted by Crippen LogP contribution is -2.13. The molecule has 2 N–H and O–H groups in total. The van der Waals surface area contributed by atoms with Gasteiger partial charge in [0.25, 0.3) is 0 Å². The smallest absolute Gasteiger partial charge is 0.164 e. The van der Waals surface area contributed by atoms with Gasteiger partial charge < -0.3 is 10.4 Å². The number of nitrogens with one attached hydrogen (secondary N) is 1. The molecule has 0 saturated carbocycles. The average Bonchev–Trinajstić information content (AvgIpc) is 3.01. The Balaban J connectivity index is 1.82. The third-order valence-corrected chi connectivity index (χ3v) is 3.71. The largest absolute Gasteiger partial charge is 0.386 e. The highest BCUT2D eigenvalue weighted by Gasteiger charge is 2.15. The van der Waals surface area contributed by atoms with Crippen LogP contribution in [0.25, 0.3) is 11.0 Å². The highest BCUT2D eigenvalue weighted by atomic mass is 79.9. The number of hydrogen-bond acceptors (Lipinski definition) is 6. The molecule has 1 unspecified atom stereocenters. The van der Waals surface area contributed by atoms with Crippen molar-refractivity contribution in [2.24, 2.45) is 14.1 Å². The lowest BCUT2D eigenvalue weighted by Gasteiger charge is -2.11. The van der Waals surface area contributed by atoms with Gasteiger partial charge in [0.1, 0.15) is 16.7 Å². The lowest BCUT2D eigenvalue weighted by atomic mass is 10.2. The zero-order chi connectivity index (χ0) is 15.0. The number of fused-ring (bicyclic) bond motifs is 1. The van der Waals surface area contributed by atoms with Crippen LogP contribution in [0.3, 0.4) is 0 Å². The van der Waals surface area contributed by atoms with Gasteiger partial charge in [-0.25, -0.2) is 14.6 Å².